The van der Waals surface area contributed by atoms with Gasteiger partial charge in [-0.15, -0.1) is 0 Å². The van der Waals surface area contributed by atoms with Crippen LogP contribution in [0.3, 0.4) is 0 Å². The Hall–Kier alpha value is -1.43. The van der Waals surface area contributed by atoms with Gasteiger partial charge in [0.25, 0.3) is 0 Å². The van der Waals surface area contributed by atoms with E-state index in [2.05, 4.69) is 5.32 Å². The molecule has 2 amide bonds. The summed E-state index contributed by atoms with van der Waals surface area (Å²) in [7, 11) is 0. The lowest BCUT2D eigenvalue weighted by Gasteiger charge is -2.28. The Kier molecular flexibility index (Phi) is 2.62. The van der Waals surface area contributed by atoms with Crippen molar-refractivity contribution in [2.45, 2.75) is 13.0 Å². The highest BCUT2D eigenvalue weighted by molar-refractivity contribution is 5.99. The second-order valence-corrected chi connectivity index (χ2v) is 2.89. The molecule has 1 fully saturated rings. The van der Waals surface area contributed by atoms with Crippen molar-refractivity contribution in [2.24, 2.45) is 0 Å². The molecule has 6 heteroatoms. The van der Waals surface area contributed by atoms with Gasteiger partial charge in [0.05, 0.1) is 13.1 Å². The third-order valence-electron chi connectivity index (χ3n) is 1.88. The Labute approximate surface area is 74.5 Å². The molecule has 0 spiro atoms. The highest BCUT2D eigenvalue weighted by Crippen LogP contribution is 2.01. The Bertz CT molecular complexity index is 247. The van der Waals surface area contributed by atoms with Crippen LogP contribution in [0.15, 0.2) is 0 Å². The summed E-state index contributed by atoms with van der Waals surface area (Å²) in [6, 6.07) is -0.810. The van der Waals surface area contributed by atoms with Gasteiger partial charge in [0.15, 0.2) is 0 Å². The molecule has 0 bridgehead atoms. The first-order valence-electron chi connectivity index (χ1n) is 3.80. The number of amides is 2. The summed E-state index contributed by atoms with van der Waals surface area (Å²) in [4.78, 5) is 33.5. The summed E-state index contributed by atoms with van der Waals surface area (Å²) < 4.78 is 0. The largest absolute Gasteiger partial charge is 0.480 e. The molecule has 0 aromatic heterocycles. The molecule has 72 valence electrons. The predicted octanol–water partition coefficient (Wildman–Crippen LogP) is -1.58. The fourth-order valence-electron chi connectivity index (χ4n) is 1.09. The second-order valence-electron chi connectivity index (χ2n) is 2.89. The Morgan fingerprint density at radius 3 is 2.31 bits per heavy atom. The first-order valence-corrected chi connectivity index (χ1v) is 3.80. The number of imide groups is 1. The van der Waals surface area contributed by atoms with E-state index in [1.807, 2.05) is 0 Å². The lowest BCUT2D eigenvalue weighted by atomic mass is 10.2. The Morgan fingerprint density at radius 1 is 1.46 bits per heavy atom. The van der Waals surface area contributed by atoms with Crippen molar-refractivity contribution in [3.63, 3.8) is 0 Å². The van der Waals surface area contributed by atoms with E-state index >= 15 is 0 Å². The van der Waals surface area contributed by atoms with Crippen LogP contribution in [0.25, 0.3) is 0 Å². The van der Waals surface area contributed by atoms with E-state index < -0.39 is 23.8 Å². The van der Waals surface area contributed by atoms with Crippen molar-refractivity contribution in [3.8, 4) is 0 Å². The van der Waals surface area contributed by atoms with Crippen LogP contribution in [0.4, 0.5) is 0 Å². The number of carboxylic acids is 1. The summed E-state index contributed by atoms with van der Waals surface area (Å²) in [5.41, 5.74) is 0. The number of hydrogen-bond donors (Lipinski definition) is 2. The summed E-state index contributed by atoms with van der Waals surface area (Å²) >= 11 is 0. The number of piperazine rings is 1. The number of aliphatic carboxylic acids is 1. The van der Waals surface area contributed by atoms with Crippen molar-refractivity contribution in [1.29, 1.82) is 0 Å². The van der Waals surface area contributed by atoms with Gasteiger partial charge in [-0.25, -0.2) is 0 Å². The molecule has 2 N–H and O–H groups in total. The predicted molar refractivity (Wildman–Crippen MR) is 41.8 cm³/mol. The molecule has 0 aromatic carbocycles. The van der Waals surface area contributed by atoms with Gasteiger partial charge in [-0.05, 0) is 6.92 Å². The molecule has 1 aliphatic heterocycles. The molecule has 1 heterocycles. The van der Waals surface area contributed by atoms with Crippen molar-refractivity contribution in [2.75, 3.05) is 13.1 Å². The molecule has 1 aliphatic rings. The van der Waals surface area contributed by atoms with Crippen LogP contribution in [0.2, 0.25) is 0 Å². The van der Waals surface area contributed by atoms with Crippen molar-refractivity contribution < 1.29 is 19.5 Å². The maximum atomic E-state index is 10.8. The molecule has 1 rings (SSSR count). The van der Waals surface area contributed by atoms with E-state index in [-0.39, 0.29) is 13.1 Å². The third kappa shape index (κ3) is 2.25. The molecule has 13 heavy (non-hydrogen) atoms. The Balaban J connectivity index is 2.65. The average Bonchev–Trinajstić information content (AvgIpc) is 2.01. The van der Waals surface area contributed by atoms with Gasteiger partial charge >= 0.3 is 5.97 Å². The number of carbonyl (C=O) groups is 3. The number of nitrogens with zero attached hydrogens (tertiary/aromatic N) is 1. The lowest BCUT2D eigenvalue weighted by Crippen LogP contribution is -2.55. The van der Waals surface area contributed by atoms with Crippen LogP contribution in [0.5, 0.6) is 0 Å². The SMILES string of the molecule is C[C@@H](C(=O)O)N1CC(=O)NC(=O)C1. The second kappa shape index (κ2) is 3.53. The monoisotopic (exact) mass is 186 g/mol. The zero-order valence-corrected chi connectivity index (χ0v) is 7.11. The summed E-state index contributed by atoms with van der Waals surface area (Å²) in [5, 5.41) is 10.7. The number of carboxylic acid groups (broad SMARTS) is 1. The normalized spacial score (nSPS) is 21.0. The Morgan fingerprint density at radius 2 is 1.92 bits per heavy atom. The highest BCUT2D eigenvalue weighted by Gasteiger charge is 2.29. The van der Waals surface area contributed by atoms with Crippen molar-refractivity contribution in [1.82, 2.24) is 10.2 Å². The van der Waals surface area contributed by atoms with E-state index in [9.17, 15) is 14.4 Å². The van der Waals surface area contributed by atoms with Crippen LogP contribution >= 0.6 is 0 Å². The smallest absolute Gasteiger partial charge is 0.320 e. The van der Waals surface area contributed by atoms with Crippen LogP contribution in [0.1, 0.15) is 6.92 Å². The fraction of sp³-hybridized carbons (Fsp3) is 0.571. The molecule has 0 aliphatic carbocycles. The van der Waals surface area contributed by atoms with Gasteiger partial charge in [0.2, 0.25) is 11.8 Å². The van der Waals surface area contributed by atoms with E-state index in [1.54, 1.807) is 0 Å². The van der Waals surface area contributed by atoms with Crippen LogP contribution in [-0.4, -0.2) is 46.9 Å². The molecular weight excluding hydrogens is 176 g/mol. The average molecular weight is 186 g/mol. The summed E-state index contributed by atoms with van der Waals surface area (Å²) in [6.07, 6.45) is 0. The number of rotatable bonds is 2. The van der Waals surface area contributed by atoms with Gasteiger partial charge in [-0.2, -0.15) is 0 Å². The summed E-state index contributed by atoms with van der Waals surface area (Å²) in [5.74, 6) is -1.95. The number of nitrogens with one attached hydrogen (secondary N) is 1. The van der Waals surface area contributed by atoms with Crippen molar-refractivity contribution in [3.05, 3.63) is 0 Å². The molecule has 0 saturated carbocycles. The first kappa shape index (κ1) is 9.66. The lowest BCUT2D eigenvalue weighted by molar-refractivity contribution is -0.146. The van der Waals surface area contributed by atoms with Crippen LogP contribution in [-0.2, 0) is 14.4 Å². The molecule has 1 saturated heterocycles. The molecule has 0 unspecified atom stereocenters. The van der Waals surface area contributed by atoms with Crippen LogP contribution in [0, 0.1) is 0 Å². The topological polar surface area (TPSA) is 86.7 Å². The number of hydrogen-bond acceptors (Lipinski definition) is 4. The minimum atomic E-state index is -1.04. The van der Waals surface area contributed by atoms with E-state index in [0.717, 1.165) is 0 Å². The van der Waals surface area contributed by atoms with Gasteiger partial charge in [0, 0.05) is 0 Å². The van der Waals surface area contributed by atoms with E-state index in [0.29, 0.717) is 0 Å². The zero-order chi connectivity index (χ0) is 10.0. The van der Waals surface area contributed by atoms with Crippen molar-refractivity contribution >= 4 is 17.8 Å². The zero-order valence-electron chi connectivity index (χ0n) is 7.11. The number of carbonyl (C=O) groups excluding carboxylic acids is 2. The maximum absolute atomic E-state index is 10.8. The first-order chi connectivity index (χ1) is 6.00. The van der Waals surface area contributed by atoms with Crippen LogP contribution < -0.4 is 5.32 Å². The minimum absolute atomic E-state index is 0.0425. The van der Waals surface area contributed by atoms with Gasteiger partial charge in [-0.1, -0.05) is 0 Å². The quantitative estimate of drug-likeness (QED) is 0.508. The van der Waals surface area contributed by atoms with Gasteiger partial charge < -0.3 is 5.11 Å². The molecule has 1 atom stereocenters. The van der Waals surface area contributed by atoms with E-state index in [4.69, 9.17) is 5.11 Å². The van der Waals surface area contributed by atoms with Gasteiger partial charge in [0.1, 0.15) is 6.04 Å². The van der Waals surface area contributed by atoms with Gasteiger partial charge in [-0.3, -0.25) is 24.6 Å². The molecule has 6 nitrogen and oxygen atoms in total. The minimum Gasteiger partial charge on any atom is -0.480 e. The standard InChI is InChI=1S/C7H10N2O4/c1-4(7(12)13)9-2-5(10)8-6(11)3-9/h4H,2-3H2,1H3,(H,12,13)(H,8,10,11)/t4-/m0/s1. The molecule has 0 aromatic rings. The maximum Gasteiger partial charge on any atom is 0.320 e. The highest BCUT2D eigenvalue weighted by atomic mass is 16.4. The fourth-order valence-corrected chi connectivity index (χ4v) is 1.09. The van der Waals surface area contributed by atoms with E-state index in [1.165, 1.54) is 11.8 Å². The molecule has 0 radical (unpaired) electrons. The third-order valence-corrected chi connectivity index (χ3v) is 1.88. The molecular formula is C7H10N2O4. The summed E-state index contributed by atoms with van der Waals surface area (Å²) in [6.45, 7) is 1.35.